The minimum absolute atomic E-state index is 0.136. The van der Waals surface area contributed by atoms with E-state index in [1.165, 1.54) is 24.0 Å². The predicted molar refractivity (Wildman–Crippen MR) is 86.9 cm³/mol. The molecule has 1 aromatic heterocycles. The Kier molecular flexibility index (Phi) is 5.28. The summed E-state index contributed by atoms with van der Waals surface area (Å²) in [7, 11) is -3.58. The van der Waals surface area contributed by atoms with E-state index in [2.05, 4.69) is 23.6 Å². The molecule has 5 nitrogen and oxygen atoms in total. The van der Waals surface area contributed by atoms with E-state index in [4.69, 9.17) is 5.73 Å². The second-order valence-electron chi connectivity index (χ2n) is 5.47. The molecule has 3 N–H and O–H groups in total. The van der Waals surface area contributed by atoms with Gasteiger partial charge in [0.2, 0.25) is 10.0 Å². The van der Waals surface area contributed by atoms with Crippen molar-refractivity contribution in [2.24, 2.45) is 5.73 Å². The highest BCUT2D eigenvalue weighted by molar-refractivity contribution is 7.89. The lowest BCUT2D eigenvalue weighted by atomic mass is 9.99. The Balaban J connectivity index is 2.02. The largest absolute Gasteiger partial charge is 0.323 e. The van der Waals surface area contributed by atoms with Crippen molar-refractivity contribution in [1.82, 2.24) is 9.71 Å². The lowest BCUT2D eigenvalue weighted by Gasteiger charge is -2.14. The number of nitrogens with two attached hydrogens (primary N) is 1. The van der Waals surface area contributed by atoms with Crippen molar-refractivity contribution in [2.75, 3.05) is 6.54 Å². The number of hydrogen-bond donors (Lipinski definition) is 2. The zero-order chi connectivity index (χ0) is 16.2. The van der Waals surface area contributed by atoms with Crippen molar-refractivity contribution in [2.45, 2.75) is 30.7 Å². The van der Waals surface area contributed by atoms with Crippen molar-refractivity contribution < 1.29 is 8.42 Å². The monoisotopic (exact) mass is 319 g/mol. The van der Waals surface area contributed by atoms with Gasteiger partial charge in [-0.3, -0.25) is 4.98 Å². The Bertz CT molecular complexity index is 698. The van der Waals surface area contributed by atoms with E-state index in [0.717, 1.165) is 5.56 Å². The minimum Gasteiger partial charge on any atom is -0.323 e. The third-order valence-corrected chi connectivity index (χ3v) is 4.88. The third kappa shape index (κ3) is 4.13. The van der Waals surface area contributed by atoms with Crippen LogP contribution in [0.25, 0.3) is 0 Å². The highest BCUT2D eigenvalue weighted by Crippen LogP contribution is 2.17. The zero-order valence-corrected chi connectivity index (χ0v) is 13.5. The molecule has 0 radical (unpaired) electrons. The van der Waals surface area contributed by atoms with Gasteiger partial charge in [0.1, 0.15) is 4.90 Å². The van der Waals surface area contributed by atoms with Gasteiger partial charge >= 0.3 is 0 Å². The molecule has 1 heterocycles. The lowest BCUT2D eigenvalue weighted by Crippen LogP contribution is -2.32. The predicted octanol–water partition coefficient (Wildman–Crippen LogP) is 2.18. The van der Waals surface area contributed by atoms with E-state index in [-0.39, 0.29) is 11.4 Å². The van der Waals surface area contributed by atoms with Gasteiger partial charge in [0, 0.05) is 25.0 Å². The molecule has 2 rings (SSSR count). The molecule has 0 spiro atoms. The number of aromatic nitrogens is 1. The molecule has 0 saturated carbocycles. The first kappa shape index (κ1) is 16.6. The molecule has 0 aliphatic carbocycles. The fraction of sp³-hybridized carbons (Fsp3) is 0.312. The average molecular weight is 319 g/mol. The first-order valence-electron chi connectivity index (χ1n) is 7.15. The van der Waals surface area contributed by atoms with E-state index < -0.39 is 16.1 Å². The van der Waals surface area contributed by atoms with Crippen LogP contribution in [0.2, 0.25) is 0 Å². The molecular weight excluding hydrogens is 298 g/mol. The van der Waals surface area contributed by atoms with Gasteiger partial charge in [-0.15, -0.1) is 0 Å². The van der Waals surface area contributed by atoms with E-state index >= 15 is 0 Å². The Hall–Kier alpha value is -1.76. The molecule has 2 aromatic rings. The van der Waals surface area contributed by atoms with E-state index in [1.807, 2.05) is 24.3 Å². The summed E-state index contributed by atoms with van der Waals surface area (Å²) >= 11 is 0. The Morgan fingerprint density at radius 1 is 1.14 bits per heavy atom. The number of nitrogens with zero attached hydrogens (tertiary/aromatic N) is 1. The van der Waals surface area contributed by atoms with Crippen LogP contribution in [-0.2, 0) is 10.0 Å². The molecule has 0 fully saturated rings. The Morgan fingerprint density at radius 2 is 1.77 bits per heavy atom. The van der Waals surface area contributed by atoms with Gasteiger partial charge in [-0.2, -0.15) is 0 Å². The van der Waals surface area contributed by atoms with Crippen molar-refractivity contribution in [3.63, 3.8) is 0 Å². The van der Waals surface area contributed by atoms with Gasteiger partial charge < -0.3 is 5.73 Å². The van der Waals surface area contributed by atoms with Crippen molar-refractivity contribution in [3.8, 4) is 0 Å². The van der Waals surface area contributed by atoms with Crippen molar-refractivity contribution in [1.29, 1.82) is 0 Å². The molecule has 118 valence electrons. The molecule has 1 aromatic carbocycles. The van der Waals surface area contributed by atoms with Gasteiger partial charge in [-0.25, -0.2) is 13.1 Å². The van der Waals surface area contributed by atoms with Crippen molar-refractivity contribution >= 4 is 10.0 Å². The second-order valence-corrected chi connectivity index (χ2v) is 7.24. The van der Waals surface area contributed by atoms with E-state index in [0.29, 0.717) is 5.92 Å². The van der Waals surface area contributed by atoms with Crippen LogP contribution in [0.3, 0.4) is 0 Å². The van der Waals surface area contributed by atoms with Crippen LogP contribution >= 0.6 is 0 Å². The summed E-state index contributed by atoms with van der Waals surface area (Å²) in [6, 6.07) is 10.6. The minimum atomic E-state index is -3.58. The van der Waals surface area contributed by atoms with Gasteiger partial charge in [-0.1, -0.05) is 38.1 Å². The highest BCUT2D eigenvalue weighted by atomic mass is 32.2. The molecule has 22 heavy (non-hydrogen) atoms. The maximum absolute atomic E-state index is 12.1. The van der Waals surface area contributed by atoms with Gasteiger partial charge in [-0.05, 0) is 29.2 Å². The van der Waals surface area contributed by atoms with Crippen LogP contribution in [-0.4, -0.2) is 19.9 Å². The van der Waals surface area contributed by atoms with Gasteiger partial charge in [0.05, 0.1) is 0 Å². The van der Waals surface area contributed by atoms with Crippen LogP contribution in [0.5, 0.6) is 0 Å². The standard InChI is InChI=1S/C16H21N3O2S/c1-12(2)13-5-7-14(8-6-13)16(17)11-19-22(20,21)15-4-3-9-18-10-15/h3-10,12,16,19H,11,17H2,1-2H3. The smallest absolute Gasteiger partial charge is 0.242 e. The first-order chi connectivity index (χ1) is 10.4. The van der Waals surface area contributed by atoms with Crippen LogP contribution < -0.4 is 10.5 Å². The maximum Gasteiger partial charge on any atom is 0.242 e. The number of hydrogen-bond acceptors (Lipinski definition) is 4. The third-order valence-electron chi connectivity index (χ3n) is 3.47. The number of sulfonamides is 1. The average Bonchev–Trinajstić information content (AvgIpc) is 2.53. The topological polar surface area (TPSA) is 85.1 Å². The molecule has 0 aliphatic rings. The quantitative estimate of drug-likeness (QED) is 0.854. The summed E-state index contributed by atoms with van der Waals surface area (Å²) in [6.07, 6.45) is 2.84. The van der Waals surface area contributed by atoms with Crippen LogP contribution in [0.4, 0.5) is 0 Å². The molecule has 1 unspecified atom stereocenters. The molecule has 0 aliphatic heterocycles. The molecule has 0 bridgehead atoms. The fourth-order valence-electron chi connectivity index (χ4n) is 2.03. The SMILES string of the molecule is CC(C)c1ccc(C(N)CNS(=O)(=O)c2cccnc2)cc1. The van der Waals surface area contributed by atoms with Gasteiger partial charge in [0.25, 0.3) is 0 Å². The lowest BCUT2D eigenvalue weighted by molar-refractivity contribution is 0.572. The zero-order valence-electron chi connectivity index (χ0n) is 12.7. The first-order valence-corrected chi connectivity index (χ1v) is 8.63. The van der Waals surface area contributed by atoms with Crippen molar-refractivity contribution in [3.05, 3.63) is 59.9 Å². The summed E-state index contributed by atoms with van der Waals surface area (Å²) in [6.45, 7) is 4.38. The molecule has 1 atom stereocenters. The molecule has 0 saturated heterocycles. The molecule has 0 amide bonds. The summed E-state index contributed by atoms with van der Waals surface area (Å²) in [5.41, 5.74) is 8.19. The second kappa shape index (κ2) is 7.00. The van der Waals surface area contributed by atoms with E-state index in [1.54, 1.807) is 6.07 Å². The fourth-order valence-corrected chi connectivity index (χ4v) is 3.06. The number of rotatable bonds is 6. The van der Waals surface area contributed by atoms with Crippen LogP contribution in [0.15, 0.2) is 53.7 Å². The van der Waals surface area contributed by atoms with Gasteiger partial charge in [0.15, 0.2) is 0 Å². The highest BCUT2D eigenvalue weighted by Gasteiger charge is 2.16. The normalized spacial score (nSPS) is 13.3. The number of benzene rings is 1. The molecular formula is C16H21N3O2S. The summed E-state index contributed by atoms with van der Waals surface area (Å²) in [5.74, 6) is 0.453. The number of nitrogens with one attached hydrogen (secondary N) is 1. The molecule has 6 heteroatoms. The Labute approximate surface area is 131 Å². The van der Waals surface area contributed by atoms with E-state index in [9.17, 15) is 8.42 Å². The Morgan fingerprint density at radius 3 is 2.32 bits per heavy atom. The maximum atomic E-state index is 12.1. The number of pyridine rings is 1. The summed E-state index contributed by atoms with van der Waals surface area (Å²) in [5, 5.41) is 0. The summed E-state index contributed by atoms with van der Waals surface area (Å²) in [4.78, 5) is 3.95. The summed E-state index contributed by atoms with van der Waals surface area (Å²) < 4.78 is 26.7. The van der Waals surface area contributed by atoms with Crippen LogP contribution in [0.1, 0.15) is 36.9 Å². The van der Waals surface area contributed by atoms with Crippen LogP contribution in [0, 0.1) is 0 Å².